The zero-order chi connectivity index (χ0) is 29.1. The lowest BCUT2D eigenvalue weighted by molar-refractivity contribution is -0.223. The summed E-state index contributed by atoms with van der Waals surface area (Å²) >= 11 is 5.08. The molecule has 0 radical (unpaired) electrons. The number of halogens is 1. The quantitative estimate of drug-likeness (QED) is 0.232. The number of amides is 1. The normalized spacial score (nSPS) is 29.2. The van der Waals surface area contributed by atoms with Gasteiger partial charge in [0.2, 0.25) is 5.91 Å². The number of hydrogen-bond donors (Lipinski definition) is 0. The summed E-state index contributed by atoms with van der Waals surface area (Å²) in [5.41, 5.74) is 2.59. The average Bonchev–Trinajstić information content (AvgIpc) is 3.55. The summed E-state index contributed by atoms with van der Waals surface area (Å²) in [6.45, 7) is 3.34. The molecule has 2 aromatic carbocycles. The van der Waals surface area contributed by atoms with Gasteiger partial charge in [0.15, 0.2) is 0 Å². The molecule has 1 saturated carbocycles. The SMILES string of the molecule is CC(=O)O[C@@]12CC[C@@H](N(C)C(=O)/C=C/c3cc(Br)cs3)[C@@H]3Oc4cccc5c4[C@@]31CCN(CCc1ccccc1)[C@@H]2C5. The number of hydrogen-bond acceptors (Lipinski definition) is 6. The standard InChI is InChI=1S/C34H35BrN2O4S/c1-22(38)41-34-15-13-27(36(2)30(39)12-11-26-20-25(35)21-42-26)32-33(34)16-18-37(17-14-23-7-4-3-5-8-23)29(34)19-24-9-6-10-28(40-32)31(24)33/h3-12,20-21,27,29,32H,13-19H2,1-2H3/b12-11+/t27-,29-,32+,33+,34-/m1/s1. The molecule has 1 aromatic heterocycles. The monoisotopic (exact) mass is 646 g/mol. The molecule has 42 heavy (non-hydrogen) atoms. The van der Waals surface area contributed by atoms with Crippen LogP contribution in [0.15, 0.2) is 70.5 Å². The first kappa shape index (κ1) is 27.9. The maximum Gasteiger partial charge on any atom is 0.303 e. The number of esters is 1. The van der Waals surface area contributed by atoms with Gasteiger partial charge >= 0.3 is 5.97 Å². The Labute approximate surface area is 259 Å². The topological polar surface area (TPSA) is 59.1 Å². The highest BCUT2D eigenvalue weighted by molar-refractivity contribution is 9.10. The van der Waals surface area contributed by atoms with E-state index in [4.69, 9.17) is 9.47 Å². The molecule has 8 heteroatoms. The van der Waals surface area contributed by atoms with Crippen LogP contribution in [0.5, 0.6) is 5.75 Å². The van der Waals surface area contributed by atoms with Crippen molar-refractivity contribution in [1.82, 2.24) is 9.80 Å². The van der Waals surface area contributed by atoms with Gasteiger partial charge in [-0.3, -0.25) is 14.5 Å². The summed E-state index contributed by atoms with van der Waals surface area (Å²) in [4.78, 5) is 31.9. The van der Waals surface area contributed by atoms with E-state index in [1.807, 2.05) is 29.5 Å². The summed E-state index contributed by atoms with van der Waals surface area (Å²) in [5, 5.41) is 2.01. The van der Waals surface area contributed by atoms with E-state index in [9.17, 15) is 9.59 Å². The minimum Gasteiger partial charge on any atom is -0.487 e. The van der Waals surface area contributed by atoms with Crippen molar-refractivity contribution >= 4 is 45.2 Å². The molecule has 5 atom stereocenters. The van der Waals surface area contributed by atoms with Gasteiger partial charge in [0, 0.05) is 46.9 Å². The third-order valence-corrected chi connectivity index (χ3v) is 11.7. The predicted octanol–water partition coefficient (Wildman–Crippen LogP) is 6.02. The number of nitrogens with zero attached hydrogens (tertiary/aromatic N) is 2. The van der Waals surface area contributed by atoms with Crippen LogP contribution in [0.3, 0.4) is 0 Å². The number of likely N-dealkylation sites (tertiary alicyclic amines) is 1. The molecule has 0 unspecified atom stereocenters. The summed E-state index contributed by atoms with van der Waals surface area (Å²) in [6, 6.07) is 18.9. The molecule has 2 aliphatic carbocycles. The zero-order valence-electron chi connectivity index (χ0n) is 23.9. The second kappa shape index (κ2) is 10.6. The van der Waals surface area contributed by atoms with Crippen LogP contribution in [-0.2, 0) is 32.6 Å². The Kier molecular flexibility index (Phi) is 7.07. The lowest BCUT2D eigenvalue weighted by Gasteiger charge is -2.65. The average molecular weight is 648 g/mol. The fraction of sp³-hybridized carbons (Fsp3) is 0.412. The molecule has 0 N–H and O–H groups in total. The predicted molar refractivity (Wildman–Crippen MR) is 168 cm³/mol. The van der Waals surface area contributed by atoms with Crippen LogP contribution in [0.25, 0.3) is 6.08 Å². The molecule has 1 spiro atoms. The van der Waals surface area contributed by atoms with Gasteiger partial charge in [0.05, 0.1) is 17.5 Å². The first-order chi connectivity index (χ1) is 20.3. The van der Waals surface area contributed by atoms with Gasteiger partial charge in [-0.05, 0) is 83.9 Å². The number of thiophene rings is 1. The Balaban J connectivity index is 1.25. The molecule has 7 rings (SSSR count). The lowest BCUT2D eigenvalue weighted by atomic mass is 9.48. The number of ether oxygens (including phenoxy) is 2. The van der Waals surface area contributed by atoms with Crippen LogP contribution in [-0.4, -0.2) is 65.6 Å². The molecule has 1 amide bonds. The van der Waals surface area contributed by atoms with Crippen LogP contribution in [0.4, 0.5) is 0 Å². The van der Waals surface area contributed by atoms with Gasteiger partial charge in [0.1, 0.15) is 17.5 Å². The Morgan fingerprint density at radius 1 is 1.19 bits per heavy atom. The van der Waals surface area contributed by atoms with Crippen molar-refractivity contribution in [2.45, 2.75) is 68.2 Å². The third kappa shape index (κ3) is 4.28. The van der Waals surface area contributed by atoms with Gasteiger partial charge in [-0.15, -0.1) is 11.3 Å². The molecule has 2 fully saturated rings. The van der Waals surface area contributed by atoms with Crippen molar-refractivity contribution in [2.75, 3.05) is 20.1 Å². The van der Waals surface area contributed by atoms with Crippen molar-refractivity contribution in [3.05, 3.63) is 92.1 Å². The van der Waals surface area contributed by atoms with Gasteiger partial charge in [-0.25, -0.2) is 0 Å². The minimum absolute atomic E-state index is 0.0462. The Morgan fingerprint density at radius 3 is 2.79 bits per heavy atom. The van der Waals surface area contributed by atoms with Crippen molar-refractivity contribution in [3.63, 3.8) is 0 Å². The first-order valence-corrected chi connectivity index (χ1v) is 16.5. The Bertz CT molecular complexity index is 1560. The number of benzene rings is 2. The molecule has 3 heterocycles. The number of rotatable bonds is 7. The van der Waals surface area contributed by atoms with Crippen molar-refractivity contribution in [3.8, 4) is 5.75 Å². The second-order valence-electron chi connectivity index (χ2n) is 12.1. The summed E-state index contributed by atoms with van der Waals surface area (Å²) in [6.07, 6.45) is 7.22. The molecule has 1 saturated heterocycles. The third-order valence-electron chi connectivity index (χ3n) is 10.1. The van der Waals surface area contributed by atoms with E-state index in [1.54, 1.807) is 17.4 Å². The van der Waals surface area contributed by atoms with E-state index in [0.717, 1.165) is 47.5 Å². The fourth-order valence-corrected chi connectivity index (χ4v) is 9.78. The lowest BCUT2D eigenvalue weighted by Crippen LogP contribution is -2.79. The molecule has 6 nitrogen and oxygen atoms in total. The van der Waals surface area contributed by atoms with E-state index in [1.165, 1.54) is 23.6 Å². The maximum absolute atomic E-state index is 13.5. The summed E-state index contributed by atoms with van der Waals surface area (Å²) < 4.78 is 14.5. The highest BCUT2D eigenvalue weighted by Gasteiger charge is 2.75. The number of piperidine rings is 1. The Morgan fingerprint density at radius 2 is 2.02 bits per heavy atom. The highest BCUT2D eigenvalue weighted by Crippen LogP contribution is 2.65. The molecule has 4 aliphatic rings. The van der Waals surface area contributed by atoms with Gasteiger partial charge < -0.3 is 14.4 Å². The van der Waals surface area contributed by atoms with Crippen LogP contribution in [0, 0.1) is 0 Å². The zero-order valence-corrected chi connectivity index (χ0v) is 26.3. The summed E-state index contributed by atoms with van der Waals surface area (Å²) in [7, 11) is 1.89. The molecular weight excluding hydrogens is 612 g/mol. The van der Waals surface area contributed by atoms with E-state index in [-0.39, 0.29) is 30.1 Å². The number of likely N-dealkylation sites (N-methyl/N-ethyl adjacent to an activating group) is 1. The van der Waals surface area contributed by atoms with Crippen LogP contribution >= 0.6 is 27.3 Å². The van der Waals surface area contributed by atoms with Crippen molar-refractivity contribution < 1.29 is 19.1 Å². The van der Waals surface area contributed by atoms with E-state index < -0.39 is 11.0 Å². The van der Waals surface area contributed by atoms with E-state index in [2.05, 4.69) is 69.4 Å². The Hall–Kier alpha value is -2.94. The molecule has 218 valence electrons. The van der Waals surface area contributed by atoms with Crippen LogP contribution in [0.1, 0.15) is 47.8 Å². The van der Waals surface area contributed by atoms with Crippen LogP contribution < -0.4 is 4.74 Å². The summed E-state index contributed by atoms with van der Waals surface area (Å²) in [5.74, 6) is 0.592. The number of carbonyl (C=O) groups excluding carboxylic acids is 2. The first-order valence-electron chi connectivity index (χ1n) is 14.8. The van der Waals surface area contributed by atoms with Gasteiger partial charge in [-0.2, -0.15) is 0 Å². The second-order valence-corrected chi connectivity index (χ2v) is 13.9. The molecule has 2 bridgehead atoms. The minimum atomic E-state index is -0.711. The molecule has 2 aliphatic heterocycles. The smallest absolute Gasteiger partial charge is 0.303 e. The van der Waals surface area contributed by atoms with E-state index in [0.29, 0.717) is 12.8 Å². The molecular formula is C34H35BrN2O4S. The number of carbonyl (C=O) groups is 2. The maximum atomic E-state index is 13.5. The van der Waals surface area contributed by atoms with Gasteiger partial charge in [0.25, 0.3) is 0 Å². The largest absolute Gasteiger partial charge is 0.487 e. The van der Waals surface area contributed by atoms with Crippen molar-refractivity contribution in [2.24, 2.45) is 0 Å². The van der Waals surface area contributed by atoms with Crippen LogP contribution in [0.2, 0.25) is 0 Å². The van der Waals surface area contributed by atoms with Crippen molar-refractivity contribution in [1.29, 1.82) is 0 Å². The fourth-order valence-electron chi connectivity index (χ4n) is 8.44. The highest BCUT2D eigenvalue weighted by atomic mass is 79.9. The van der Waals surface area contributed by atoms with Gasteiger partial charge in [-0.1, -0.05) is 42.5 Å². The van der Waals surface area contributed by atoms with E-state index >= 15 is 0 Å². The molecule has 3 aromatic rings.